The topological polar surface area (TPSA) is 239 Å². The zero-order valence-electron chi connectivity index (χ0n) is 41.3. The van der Waals surface area contributed by atoms with Crippen molar-refractivity contribution in [1.29, 1.82) is 0 Å². The van der Waals surface area contributed by atoms with Crippen LogP contribution in [0, 0.1) is 56.2 Å². The van der Waals surface area contributed by atoms with Gasteiger partial charge in [-0.2, -0.15) is 0 Å². The molecule has 0 saturated heterocycles. The predicted octanol–water partition coefficient (Wildman–Crippen LogP) is 6.25. The number of rotatable bonds is 8. The summed E-state index contributed by atoms with van der Waals surface area (Å²) in [4.78, 5) is 71.2. The second-order valence-electron chi connectivity index (χ2n) is 23.2. The molecular formula is C54H64O16. The molecule has 0 radical (unpaired) electrons. The number of hydrogen-bond donors (Lipinski definition) is 4. The Morgan fingerprint density at radius 3 is 1.70 bits per heavy atom. The number of cyclic esters (lactones) is 2. The SMILES string of the molecule is COC(=O)[C@@H](O[C@]1(O)[C@@H]2CC3=C(CC[C@@]4(C)C3=CC(=O)O[C@@H]4c3ccoc3)[C@]1(C)[C@H]([C@@H](O)C(=O)OC)C(C)(C)[C@@H]2O)[C@@H]1C(C)(C)[C@H](O)[C@@H]2CC3=C(CC[C@@]4(C)C3=CC(=O)O[C@H]4c3ccoc3)[C@@]1(C)C2=O. The third-order valence-corrected chi connectivity index (χ3v) is 19.4. The van der Waals surface area contributed by atoms with Gasteiger partial charge < -0.3 is 52.9 Å². The highest BCUT2D eigenvalue weighted by molar-refractivity contribution is 5.96. The Labute approximate surface area is 406 Å². The van der Waals surface area contributed by atoms with E-state index in [9.17, 15) is 39.6 Å². The van der Waals surface area contributed by atoms with Gasteiger partial charge in [0.15, 0.2) is 18.0 Å². The second-order valence-corrected chi connectivity index (χ2v) is 23.2. The molecule has 8 aliphatic rings. The van der Waals surface area contributed by atoms with Crippen molar-refractivity contribution in [1.82, 2.24) is 0 Å². The molecule has 2 aromatic heterocycles. The van der Waals surface area contributed by atoms with Crippen molar-refractivity contribution in [2.75, 3.05) is 14.2 Å². The van der Waals surface area contributed by atoms with Crippen molar-refractivity contribution in [3.63, 3.8) is 0 Å². The molecule has 0 unspecified atom stereocenters. The predicted molar refractivity (Wildman–Crippen MR) is 244 cm³/mol. The fraction of sp³-hybridized carbons (Fsp3) is 0.611. The number of aliphatic hydroxyl groups excluding tert-OH is 3. The van der Waals surface area contributed by atoms with Crippen LogP contribution in [-0.4, -0.2) is 94.5 Å². The van der Waals surface area contributed by atoms with Gasteiger partial charge in [-0.3, -0.25) is 4.79 Å². The minimum Gasteiger partial charge on any atom is -0.472 e. The highest BCUT2D eigenvalue weighted by Gasteiger charge is 2.77. The average Bonchev–Trinajstić information content (AvgIpc) is 4.05. The molecule has 15 atom stereocenters. The molecule has 6 aliphatic carbocycles. The summed E-state index contributed by atoms with van der Waals surface area (Å²) in [5.74, 6) is -11.1. The number of methoxy groups -OCH3 is 2. The minimum atomic E-state index is -2.63. The van der Waals surface area contributed by atoms with Gasteiger partial charge in [-0.05, 0) is 90.7 Å². The van der Waals surface area contributed by atoms with Crippen LogP contribution in [-0.2, 0) is 47.7 Å². The number of carbonyl (C=O) groups is 5. The van der Waals surface area contributed by atoms with Crippen molar-refractivity contribution in [3.05, 3.63) is 93.9 Å². The lowest BCUT2D eigenvalue weighted by Crippen LogP contribution is -2.76. The third-order valence-electron chi connectivity index (χ3n) is 19.4. The average molecular weight is 969 g/mol. The van der Waals surface area contributed by atoms with Crippen LogP contribution in [0.3, 0.4) is 0 Å². The molecule has 2 aliphatic heterocycles. The molecule has 16 heteroatoms. The fourth-order valence-corrected chi connectivity index (χ4v) is 16.0. The Morgan fingerprint density at radius 1 is 0.700 bits per heavy atom. The zero-order chi connectivity index (χ0) is 50.6. The molecule has 0 amide bonds. The van der Waals surface area contributed by atoms with Crippen LogP contribution in [0.4, 0.5) is 0 Å². The van der Waals surface area contributed by atoms with Crippen LogP contribution >= 0.6 is 0 Å². The second kappa shape index (κ2) is 15.7. The highest BCUT2D eigenvalue weighted by Crippen LogP contribution is 2.73. The van der Waals surface area contributed by atoms with Gasteiger partial charge in [-0.25, -0.2) is 19.2 Å². The summed E-state index contributed by atoms with van der Waals surface area (Å²) < 4.78 is 40.7. The summed E-state index contributed by atoms with van der Waals surface area (Å²) in [7, 11) is 2.28. The summed E-state index contributed by atoms with van der Waals surface area (Å²) in [6, 6.07) is 3.48. The first-order valence-corrected chi connectivity index (χ1v) is 24.3. The van der Waals surface area contributed by atoms with Gasteiger partial charge >= 0.3 is 23.9 Å². The maximum Gasteiger partial charge on any atom is 0.335 e. The summed E-state index contributed by atoms with van der Waals surface area (Å²) in [6.45, 7) is 14.3. The smallest absolute Gasteiger partial charge is 0.335 e. The van der Waals surface area contributed by atoms with Gasteiger partial charge in [0.2, 0.25) is 0 Å². The van der Waals surface area contributed by atoms with E-state index < -0.39 is 122 Å². The first-order valence-electron chi connectivity index (χ1n) is 24.3. The van der Waals surface area contributed by atoms with Gasteiger partial charge in [-0.1, -0.05) is 59.6 Å². The first kappa shape index (κ1) is 48.5. The number of esters is 4. The molecular weight excluding hydrogens is 905 g/mol. The Bertz CT molecular complexity index is 2700. The van der Waals surface area contributed by atoms with Crippen molar-refractivity contribution >= 4 is 29.7 Å². The molecule has 4 bridgehead atoms. The van der Waals surface area contributed by atoms with Crippen molar-refractivity contribution in [2.24, 2.45) is 56.2 Å². The van der Waals surface area contributed by atoms with E-state index >= 15 is 4.79 Å². The van der Waals surface area contributed by atoms with Crippen LogP contribution in [0.2, 0.25) is 0 Å². The standard InChI is InChI=1S/C54H64O16/c1-48(2)39(37(57)46(61)64-9)53(8)31-12-16-51(6)33(22-36(56)69-45(51)26-14-18-67-24-26)28(31)20-34(43(48)60)54(53,63)70-38(47(62)65-10)40-49(3,4)41(58)29-19-27-30(52(40,7)42(29)59)11-15-50(5)32(27)21-35(55)68-44(50)25-13-17-66-23-25/h13-14,17-18,21-24,29,34,37-41,43-45,57-58,60,63H,11-12,15-16,19-20H2,1-10H3/t29-,34+,37+,38-,39+,40+,41+,43+,44-,45+,50-,51-,52+,53+,54+/m0/s1. The van der Waals surface area contributed by atoms with Crippen LogP contribution in [0.5, 0.6) is 0 Å². The molecule has 0 spiro atoms. The Hall–Kier alpha value is -5.13. The normalized spacial score (nSPS) is 41.0. The molecule has 4 heterocycles. The van der Waals surface area contributed by atoms with Gasteiger partial charge in [0, 0.05) is 63.2 Å². The van der Waals surface area contributed by atoms with E-state index in [0.29, 0.717) is 63.8 Å². The maximum atomic E-state index is 15.4. The first-order chi connectivity index (χ1) is 32.8. The molecule has 4 N–H and O–H groups in total. The number of ether oxygens (including phenoxy) is 5. The van der Waals surface area contributed by atoms with Crippen LogP contribution < -0.4 is 0 Å². The van der Waals surface area contributed by atoms with Gasteiger partial charge in [0.25, 0.3) is 0 Å². The number of hydrogen-bond acceptors (Lipinski definition) is 16. The van der Waals surface area contributed by atoms with Gasteiger partial charge in [0.1, 0.15) is 18.0 Å². The Morgan fingerprint density at radius 2 is 1.20 bits per heavy atom. The van der Waals surface area contributed by atoms with E-state index in [4.69, 9.17) is 32.5 Å². The van der Waals surface area contributed by atoms with Gasteiger partial charge in [0.05, 0.1) is 56.9 Å². The summed E-state index contributed by atoms with van der Waals surface area (Å²) in [5, 5.41) is 51.9. The maximum absolute atomic E-state index is 15.4. The number of furan rings is 2. The van der Waals surface area contributed by atoms with Crippen molar-refractivity contribution in [2.45, 2.75) is 136 Å². The Kier molecular flexibility index (Phi) is 10.9. The number of Topliss-reactive ketones (excluding diaryl/α,β-unsaturated/α-hetero) is 1. The van der Waals surface area contributed by atoms with E-state index in [-0.39, 0.29) is 25.0 Å². The number of carbonyl (C=O) groups excluding carboxylic acids is 5. The minimum absolute atomic E-state index is 0.0846. The molecule has 376 valence electrons. The largest absolute Gasteiger partial charge is 0.472 e. The van der Waals surface area contributed by atoms with Crippen molar-refractivity contribution in [3.8, 4) is 0 Å². The fourth-order valence-electron chi connectivity index (χ4n) is 16.0. The van der Waals surface area contributed by atoms with Crippen LogP contribution in [0.25, 0.3) is 0 Å². The lowest BCUT2D eigenvalue weighted by Gasteiger charge is -2.69. The molecule has 10 rings (SSSR count). The molecule has 16 nitrogen and oxygen atoms in total. The summed E-state index contributed by atoms with van der Waals surface area (Å²) >= 11 is 0. The quantitative estimate of drug-likeness (QED) is 0.130. The monoisotopic (exact) mass is 968 g/mol. The van der Waals surface area contributed by atoms with E-state index in [1.165, 1.54) is 30.9 Å². The van der Waals surface area contributed by atoms with E-state index in [1.54, 1.807) is 59.9 Å². The molecule has 70 heavy (non-hydrogen) atoms. The van der Waals surface area contributed by atoms with Crippen LogP contribution in [0.1, 0.15) is 117 Å². The Balaban J connectivity index is 1.17. The highest BCUT2D eigenvalue weighted by atomic mass is 16.7. The third kappa shape index (κ3) is 6.09. The summed E-state index contributed by atoms with van der Waals surface area (Å²) in [5.41, 5.74) is -2.60. The van der Waals surface area contributed by atoms with Gasteiger partial charge in [-0.15, -0.1) is 0 Å². The number of aliphatic hydroxyl groups is 4. The van der Waals surface area contributed by atoms with E-state index in [2.05, 4.69) is 0 Å². The summed E-state index contributed by atoms with van der Waals surface area (Å²) in [6.07, 6.45) is 2.10. The number of allylic oxidation sites excluding steroid dienone is 3. The molecule has 0 aromatic carbocycles. The lowest BCUT2D eigenvalue weighted by atomic mass is 9.40. The number of ketones is 1. The number of fused-ring (bicyclic) bond motifs is 10. The molecule has 2 saturated carbocycles. The zero-order valence-corrected chi connectivity index (χ0v) is 41.3. The van der Waals surface area contributed by atoms with E-state index in [1.807, 2.05) is 13.8 Å². The van der Waals surface area contributed by atoms with E-state index in [0.717, 1.165) is 14.2 Å². The van der Waals surface area contributed by atoms with Crippen LogP contribution in [0.15, 0.2) is 91.6 Å². The molecule has 2 fully saturated rings. The molecule has 2 aromatic rings. The van der Waals surface area contributed by atoms with Crippen molar-refractivity contribution < 1.29 is 76.9 Å². The lowest BCUT2D eigenvalue weighted by molar-refractivity contribution is -0.384.